The van der Waals surface area contributed by atoms with Gasteiger partial charge in [0.25, 0.3) is 0 Å². The van der Waals surface area contributed by atoms with Gasteiger partial charge in [0, 0.05) is 38.9 Å². The van der Waals surface area contributed by atoms with Gasteiger partial charge in [-0.3, -0.25) is 4.90 Å². The summed E-state index contributed by atoms with van der Waals surface area (Å²) < 4.78 is 25.0. The van der Waals surface area contributed by atoms with Gasteiger partial charge in [0.05, 0.1) is 12.2 Å². The fourth-order valence-corrected chi connectivity index (χ4v) is 3.62. The lowest BCUT2D eigenvalue weighted by Crippen LogP contribution is -2.32. The van der Waals surface area contributed by atoms with E-state index in [4.69, 9.17) is 9.47 Å². The summed E-state index contributed by atoms with van der Waals surface area (Å²) in [6, 6.07) is 7.05. The molecule has 0 radical (unpaired) electrons. The van der Waals surface area contributed by atoms with Crippen LogP contribution in [0.1, 0.15) is 24.8 Å². The molecule has 2 aliphatic rings. The van der Waals surface area contributed by atoms with Crippen molar-refractivity contribution < 1.29 is 13.9 Å². The number of methoxy groups -OCH3 is 1. The summed E-state index contributed by atoms with van der Waals surface area (Å²) in [7, 11) is 1.75. The van der Waals surface area contributed by atoms with Crippen molar-refractivity contribution in [2.75, 3.05) is 33.4 Å². The van der Waals surface area contributed by atoms with Gasteiger partial charge < -0.3 is 9.47 Å². The van der Waals surface area contributed by atoms with Gasteiger partial charge in [-0.1, -0.05) is 18.2 Å². The molecule has 2 unspecified atom stereocenters. The van der Waals surface area contributed by atoms with E-state index in [0.717, 1.165) is 51.1 Å². The third-order valence-electron chi connectivity index (χ3n) is 4.76. The summed E-state index contributed by atoms with van der Waals surface area (Å²) in [6.45, 7) is 4.25. The molecule has 1 spiro atoms. The molecule has 0 amide bonds. The lowest BCUT2D eigenvalue weighted by Gasteiger charge is -2.23. The van der Waals surface area contributed by atoms with Crippen molar-refractivity contribution in [3.63, 3.8) is 0 Å². The van der Waals surface area contributed by atoms with E-state index in [9.17, 15) is 4.39 Å². The molecule has 2 heterocycles. The Balaban J connectivity index is 1.55. The highest BCUT2D eigenvalue weighted by molar-refractivity contribution is 5.17. The van der Waals surface area contributed by atoms with Crippen LogP contribution in [-0.2, 0) is 16.0 Å². The van der Waals surface area contributed by atoms with Crippen LogP contribution in [-0.4, -0.2) is 43.9 Å². The van der Waals surface area contributed by atoms with Gasteiger partial charge in [0.2, 0.25) is 0 Å². The zero-order valence-electron chi connectivity index (χ0n) is 12.7. The summed E-state index contributed by atoms with van der Waals surface area (Å²) in [5, 5.41) is 0. The van der Waals surface area contributed by atoms with E-state index < -0.39 is 0 Å². The van der Waals surface area contributed by atoms with Gasteiger partial charge in [0.1, 0.15) is 5.82 Å². The summed E-state index contributed by atoms with van der Waals surface area (Å²) in [5.41, 5.74) is 0.785. The predicted molar refractivity (Wildman–Crippen MR) is 79.6 cm³/mol. The van der Waals surface area contributed by atoms with Crippen LogP contribution >= 0.6 is 0 Å². The molecule has 0 aromatic heterocycles. The first-order chi connectivity index (χ1) is 10.2. The summed E-state index contributed by atoms with van der Waals surface area (Å²) in [4.78, 5) is 2.32. The Labute approximate surface area is 126 Å². The maximum atomic E-state index is 13.7. The van der Waals surface area contributed by atoms with Crippen LogP contribution in [0.5, 0.6) is 0 Å². The van der Waals surface area contributed by atoms with Crippen LogP contribution in [0.15, 0.2) is 24.3 Å². The number of likely N-dealkylation sites (tertiary alicyclic amines) is 1. The molecule has 0 saturated carbocycles. The second-order valence-electron chi connectivity index (χ2n) is 6.40. The van der Waals surface area contributed by atoms with Crippen molar-refractivity contribution in [3.05, 3.63) is 35.6 Å². The van der Waals surface area contributed by atoms with Crippen LogP contribution in [0.25, 0.3) is 0 Å². The molecule has 21 heavy (non-hydrogen) atoms. The molecule has 2 saturated heterocycles. The zero-order valence-corrected chi connectivity index (χ0v) is 12.7. The Kier molecular flexibility index (Phi) is 4.57. The molecular formula is C17H24FNO2. The third kappa shape index (κ3) is 3.44. The Morgan fingerprint density at radius 1 is 1.43 bits per heavy atom. The average molecular weight is 293 g/mol. The summed E-state index contributed by atoms with van der Waals surface area (Å²) >= 11 is 0. The average Bonchev–Trinajstić information content (AvgIpc) is 3.07. The van der Waals surface area contributed by atoms with Crippen molar-refractivity contribution in [1.82, 2.24) is 4.90 Å². The molecule has 2 aliphatic heterocycles. The highest BCUT2D eigenvalue weighted by Gasteiger charge is 2.45. The van der Waals surface area contributed by atoms with Crippen LogP contribution in [0, 0.1) is 11.7 Å². The molecule has 3 nitrogen and oxygen atoms in total. The van der Waals surface area contributed by atoms with Crippen molar-refractivity contribution in [2.24, 2.45) is 5.92 Å². The minimum Gasteiger partial charge on any atom is -0.385 e. The third-order valence-corrected chi connectivity index (χ3v) is 4.76. The first-order valence-electron chi connectivity index (χ1n) is 7.79. The molecule has 2 atom stereocenters. The Hall–Kier alpha value is -0.970. The molecule has 4 heteroatoms. The molecule has 0 N–H and O–H groups in total. The maximum absolute atomic E-state index is 13.7. The fourth-order valence-electron chi connectivity index (χ4n) is 3.62. The predicted octanol–water partition coefficient (Wildman–Crippen LogP) is 2.84. The van der Waals surface area contributed by atoms with E-state index in [1.807, 2.05) is 12.1 Å². The van der Waals surface area contributed by atoms with Gasteiger partial charge in [-0.15, -0.1) is 0 Å². The van der Waals surface area contributed by atoms with Crippen molar-refractivity contribution in [3.8, 4) is 0 Å². The highest BCUT2D eigenvalue weighted by atomic mass is 19.1. The molecular weight excluding hydrogens is 269 g/mol. The SMILES string of the molecule is COCCC1COC2(CCN(Cc3ccccc3F)C2)C1. The molecule has 1 aromatic carbocycles. The number of hydrogen-bond donors (Lipinski definition) is 0. The Morgan fingerprint density at radius 2 is 2.29 bits per heavy atom. The van der Waals surface area contributed by atoms with Gasteiger partial charge in [0.15, 0.2) is 0 Å². The van der Waals surface area contributed by atoms with E-state index >= 15 is 0 Å². The number of ether oxygens (including phenoxy) is 2. The van der Waals surface area contributed by atoms with E-state index in [1.54, 1.807) is 13.2 Å². The van der Waals surface area contributed by atoms with Crippen LogP contribution < -0.4 is 0 Å². The Morgan fingerprint density at radius 3 is 3.10 bits per heavy atom. The van der Waals surface area contributed by atoms with E-state index in [2.05, 4.69) is 4.90 Å². The lowest BCUT2D eigenvalue weighted by atomic mass is 9.92. The largest absolute Gasteiger partial charge is 0.385 e. The van der Waals surface area contributed by atoms with Gasteiger partial charge in [-0.2, -0.15) is 0 Å². The summed E-state index contributed by atoms with van der Waals surface area (Å²) in [5.74, 6) is 0.502. The quantitative estimate of drug-likeness (QED) is 0.833. The summed E-state index contributed by atoms with van der Waals surface area (Å²) in [6.07, 6.45) is 3.25. The second-order valence-corrected chi connectivity index (χ2v) is 6.40. The molecule has 2 fully saturated rings. The number of benzene rings is 1. The van der Waals surface area contributed by atoms with E-state index in [1.165, 1.54) is 6.07 Å². The lowest BCUT2D eigenvalue weighted by molar-refractivity contribution is 0.0107. The number of halogens is 1. The monoisotopic (exact) mass is 293 g/mol. The molecule has 0 aliphatic carbocycles. The molecule has 3 rings (SSSR count). The smallest absolute Gasteiger partial charge is 0.127 e. The molecule has 0 bridgehead atoms. The number of nitrogens with zero attached hydrogens (tertiary/aromatic N) is 1. The van der Waals surface area contributed by atoms with Crippen LogP contribution in [0.2, 0.25) is 0 Å². The Bertz CT molecular complexity index is 482. The van der Waals surface area contributed by atoms with Crippen molar-refractivity contribution in [1.29, 1.82) is 0 Å². The van der Waals surface area contributed by atoms with Crippen molar-refractivity contribution in [2.45, 2.75) is 31.4 Å². The minimum atomic E-state index is -0.108. The van der Waals surface area contributed by atoms with Gasteiger partial charge in [-0.05, 0) is 31.2 Å². The number of hydrogen-bond acceptors (Lipinski definition) is 3. The van der Waals surface area contributed by atoms with E-state index in [0.29, 0.717) is 12.5 Å². The zero-order chi connectivity index (χ0) is 14.7. The topological polar surface area (TPSA) is 21.7 Å². The van der Waals surface area contributed by atoms with Crippen LogP contribution in [0.4, 0.5) is 4.39 Å². The number of rotatable bonds is 5. The minimum absolute atomic E-state index is 0.00364. The molecule has 1 aromatic rings. The van der Waals surface area contributed by atoms with Gasteiger partial charge >= 0.3 is 0 Å². The first kappa shape index (κ1) is 14.9. The first-order valence-corrected chi connectivity index (χ1v) is 7.79. The maximum Gasteiger partial charge on any atom is 0.127 e. The van der Waals surface area contributed by atoms with Gasteiger partial charge in [-0.25, -0.2) is 4.39 Å². The molecule has 116 valence electrons. The fraction of sp³-hybridized carbons (Fsp3) is 0.647. The standard InChI is InChI=1S/C17H24FNO2/c1-20-9-6-14-10-17(21-12-14)7-8-19(13-17)11-15-4-2-3-5-16(15)18/h2-5,14H,6-13H2,1H3. The highest BCUT2D eigenvalue weighted by Crippen LogP contribution is 2.39. The normalized spacial score (nSPS) is 29.5. The van der Waals surface area contributed by atoms with E-state index in [-0.39, 0.29) is 11.4 Å². The second kappa shape index (κ2) is 6.42. The van der Waals surface area contributed by atoms with Crippen LogP contribution in [0.3, 0.4) is 0 Å². The van der Waals surface area contributed by atoms with Crippen molar-refractivity contribution >= 4 is 0 Å².